The molecule has 0 aromatic heterocycles. The summed E-state index contributed by atoms with van der Waals surface area (Å²) in [5.41, 5.74) is 0.212. The lowest BCUT2D eigenvalue weighted by Crippen LogP contribution is -2.51. The topological polar surface area (TPSA) is 15.3 Å². The molecule has 2 nitrogen and oxygen atoms in total. The maximum Gasteiger partial charge on any atom is 0.0243 e. The highest BCUT2D eigenvalue weighted by Crippen LogP contribution is 2.14. The fourth-order valence-corrected chi connectivity index (χ4v) is 1.88. The Morgan fingerprint density at radius 2 is 1.62 bits per heavy atom. The minimum Gasteiger partial charge on any atom is -0.311 e. The average molecular weight is 228 g/mol. The minimum atomic E-state index is 0.212. The number of hydrogen-bond acceptors (Lipinski definition) is 2. The highest BCUT2D eigenvalue weighted by Gasteiger charge is 2.23. The van der Waals surface area contributed by atoms with E-state index < -0.39 is 0 Å². The highest BCUT2D eigenvalue weighted by molar-refractivity contribution is 4.81. The molecule has 0 radical (unpaired) electrons. The van der Waals surface area contributed by atoms with E-state index >= 15 is 0 Å². The SMILES string of the molecule is CCC(C)N(C)C(CNC(C)(C)C)C(C)C. The summed E-state index contributed by atoms with van der Waals surface area (Å²) in [6.07, 6.45) is 1.22. The Morgan fingerprint density at radius 3 is 1.94 bits per heavy atom. The van der Waals surface area contributed by atoms with E-state index in [2.05, 4.69) is 65.7 Å². The summed E-state index contributed by atoms with van der Waals surface area (Å²) >= 11 is 0. The van der Waals surface area contributed by atoms with Crippen molar-refractivity contribution in [3.63, 3.8) is 0 Å². The van der Waals surface area contributed by atoms with Crippen LogP contribution in [-0.2, 0) is 0 Å². The van der Waals surface area contributed by atoms with Gasteiger partial charge in [0.2, 0.25) is 0 Å². The quantitative estimate of drug-likeness (QED) is 0.751. The predicted octanol–water partition coefficient (Wildman–Crippen LogP) is 3.13. The van der Waals surface area contributed by atoms with Crippen molar-refractivity contribution in [3.05, 3.63) is 0 Å². The van der Waals surface area contributed by atoms with Gasteiger partial charge in [0.1, 0.15) is 0 Å². The fraction of sp³-hybridized carbons (Fsp3) is 1.00. The first kappa shape index (κ1) is 15.9. The van der Waals surface area contributed by atoms with Crippen LogP contribution < -0.4 is 5.32 Å². The van der Waals surface area contributed by atoms with Gasteiger partial charge >= 0.3 is 0 Å². The molecule has 0 aliphatic carbocycles. The van der Waals surface area contributed by atoms with Crippen LogP contribution in [0.2, 0.25) is 0 Å². The van der Waals surface area contributed by atoms with Gasteiger partial charge in [-0.3, -0.25) is 4.90 Å². The summed E-state index contributed by atoms with van der Waals surface area (Å²) in [4.78, 5) is 2.52. The molecular formula is C14H32N2. The highest BCUT2D eigenvalue weighted by atomic mass is 15.2. The summed E-state index contributed by atoms with van der Waals surface area (Å²) in [7, 11) is 2.25. The molecule has 0 aliphatic rings. The normalized spacial score (nSPS) is 16.9. The van der Waals surface area contributed by atoms with Crippen LogP contribution in [0.1, 0.15) is 54.9 Å². The Balaban J connectivity index is 4.38. The smallest absolute Gasteiger partial charge is 0.0243 e. The summed E-state index contributed by atoms with van der Waals surface area (Å²) in [6.45, 7) is 17.0. The second-order valence-electron chi connectivity index (χ2n) is 6.37. The van der Waals surface area contributed by atoms with Gasteiger partial charge in [0.15, 0.2) is 0 Å². The minimum absolute atomic E-state index is 0.212. The Bertz CT molecular complexity index is 182. The van der Waals surface area contributed by atoms with Crippen molar-refractivity contribution < 1.29 is 0 Å². The molecule has 2 atom stereocenters. The van der Waals surface area contributed by atoms with Crippen molar-refractivity contribution in [3.8, 4) is 0 Å². The van der Waals surface area contributed by atoms with Crippen molar-refractivity contribution in [1.29, 1.82) is 0 Å². The summed E-state index contributed by atoms with van der Waals surface area (Å²) in [5, 5.41) is 3.62. The fourth-order valence-electron chi connectivity index (χ4n) is 1.88. The molecule has 98 valence electrons. The molecule has 0 spiro atoms. The van der Waals surface area contributed by atoms with Crippen LogP contribution in [0.5, 0.6) is 0 Å². The number of nitrogens with one attached hydrogen (secondary N) is 1. The van der Waals surface area contributed by atoms with Gasteiger partial charge in [-0.2, -0.15) is 0 Å². The van der Waals surface area contributed by atoms with Crippen molar-refractivity contribution in [1.82, 2.24) is 10.2 Å². The molecule has 0 saturated carbocycles. The Labute approximate surface area is 103 Å². The molecule has 16 heavy (non-hydrogen) atoms. The monoisotopic (exact) mass is 228 g/mol. The van der Waals surface area contributed by atoms with Crippen LogP contribution in [0, 0.1) is 5.92 Å². The molecule has 0 heterocycles. The lowest BCUT2D eigenvalue weighted by molar-refractivity contribution is 0.132. The first-order valence-corrected chi connectivity index (χ1v) is 6.66. The summed E-state index contributed by atoms with van der Waals surface area (Å²) in [5.74, 6) is 0.689. The lowest BCUT2D eigenvalue weighted by atomic mass is 9.99. The van der Waals surface area contributed by atoms with Gasteiger partial charge in [-0.05, 0) is 47.1 Å². The Hall–Kier alpha value is -0.0800. The molecular weight excluding hydrogens is 196 g/mol. The van der Waals surface area contributed by atoms with E-state index in [0.29, 0.717) is 18.0 Å². The second kappa shape index (κ2) is 6.61. The van der Waals surface area contributed by atoms with Gasteiger partial charge in [0.05, 0.1) is 0 Å². The third-order valence-corrected chi connectivity index (χ3v) is 3.42. The van der Waals surface area contributed by atoms with Gasteiger partial charge in [-0.15, -0.1) is 0 Å². The first-order valence-electron chi connectivity index (χ1n) is 6.66. The third-order valence-electron chi connectivity index (χ3n) is 3.42. The third kappa shape index (κ3) is 5.86. The van der Waals surface area contributed by atoms with Crippen LogP contribution >= 0.6 is 0 Å². The van der Waals surface area contributed by atoms with Crippen LogP contribution in [0.4, 0.5) is 0 Å². The van der Waals surface area contributed by atoms with Gasteiger partial charge < -0.3 is 5.32 Å². The van der Waals surface area contributed by atoms with Crippen molar-refractivity contribution in [2.45, 2.75) is 72.5 Å². The first-order chi connectivity index (χ1) is 7.19. The molecule has 0 aromatic carbocycles. The van der Waals surface area contributed by atoms with Gasteiger partial charge in [0.25, 0.3) is 0 Å². The predicted molar refractivity (Wildman–Crippen MR) is 73.9 cm³/mol. The molecule has 0 bridgehead atoms. The van der Waals surface area contributed by atoms with E-state index in [1.807, 2.05) is 0 Å². The number of rotatable bonds is 6. The molecule has 0 saturated heterocycles. The number of nitrogens with zero attached hydrogens (tertiary/aromatic N) is 1. The summed E-state index contributed by atoms with van der Waals surface area (Å²) < 4.78 is 0. The van der Waals surface area contributed by atoms with Crippen molar-refractivity contribution in [2.24, 2.45) is 5.92 Å². The molecule has 1 N–H and O–H groups in total. The second-order valence-corrected chi connectivity index (χ2v) is 6.37. The Kier molecular flexibility index (Phi) is 6.57. The molecule has 0 rings (SSSR count). The number of hydrogen-bond donors (Lipinski definition) is 1. The number of likely N-dealkylation sites (N-methyl/N-ethyl adjacent to an activating group) is 1. The zero-order chi connectivity index (χ0) is 12.9. The lowest BCUT2D eigenvalue weighted by Gasteiger charge is -2.37. The van der Waals surface area contributed by atoms with Crippen LogP contribution in [0.25, 0.3) is 0 Å². The van der Waals surface area contributed by atoms with E-state index in [1.165, 1.54) is 6.42 Å². The van der Waals surface area contributed by atoms with Crippen LogP contribution in [0.3, 0.4) is 0 Å². The van der Waals surface area contributed by atoms with E-state index in [1.54, 1.807) is 0 Å². The molecule has 0 fully saturated rings. The van der Waals surface area contributed by atoms with Crippen molar-refractivity contribution in [2.75, 3.05) is 13.6 Å². The zero-order valence-electron chi connectivity index (χ0n) is 12.6. The van der Waals surface area contributed by atoms with E-state index in [0.717, 1.165) is 6.54 Å². The van der Waals surface area contributed by atoms with Gasteiger partial charge in [-0.25, -0.2) is 0 Å². The summed E-state index contributed by atoms with van der Waals surface area (Å²) in [6, 6.07) is 1.28. The zero-order valence-corrected chi connectivity index (χ0v) is 12.6. The molecule has 2 unspecified atom stereocenters. The Morgan fingerprint density at radius 1 is 1.12 bits per heavy atom. The van der Waals surface area contributed by atoms with E-state index in [4.69, 9.17) is 0 Å². The van der Waals surface area contributed by atoms with Crippen LogP contribution in [-0.4, -0.2) is 36.1 Å². The molecule has 0 aromatic rings. The van der Waals surface area contributed by atoms with E-state index in [-0.39, 0.29) is 5.54 Å². The molecule has 2 heteroatoms. The van der Waals surface area contributed by atoms with E-state index in [9.17, 15) is 0 Å². The largest absolute Gasteiger partial charge is 0.311 e. The maximum absolute atomic E-state index is 3.62. The average Bonchev–Trinajstić information content (AvgIpc) is 2.14. The van der Waals surface area contributed by atoms with Crippen molar-refractivity contribution >= 4 is 0 Å². The van der Waals surface area contributed by atoms with Gasteiger partial charge in [0, 0.05) is 24.2 Å². The van der Waals surface area contributed by atoms with Crippen LogP contribution in [0.15, 0.2) is 0 Å². The maximum atomic E-state index is 3.62. The standard InChI is InChI=1S/C14H32N2/c1-9-12(4)16(8)13(11(2)3)10-15-14(5,6)7/h11-13,15H,9-10H2,1-8H3. The van der Waals surface area contributed by atoms with Gasteiger partial charge in [-0.1, -0.05) is 20.8 Å². The molecule has 0 aliphatic heterocycles. The molecule has 0 amide bonds.